The van der Waals surface area contributed by atoms with Gasteiger partial charge in [0.1, 0.15) is 6.10 Å². The van der Waals surface area contributed by atoms with Crippen LogP contribution >= 0.6 is 0 Å². The maximum atomic E-state index is 12.6. The molecule has 25 heavy (non-hydrogen) atoms. The lowest BCUT2D eigenvalue weighted by molar-refractivity contribution is -0.128. The minimum atomic E-state index is -0.707. The van der Waals surface area contributed by atoms with Crippen LogP contribution in [-0.4, -0.2) is 41.1 Å². The van der Waals surface area contributed by atoms with Gasteiger partial charge in [-0.3, -0.25) is 9.48 Å². The molecule has 0 unspecified atom stereocenters. The van der Waals surface area contributed by atoms with Gasteiger partial charge >= 0.3 is 0 Å². The third-order valence-corrected chi connectivity index (χ3v) is 4.53. The summed E-state index contributed by atoms with van der Waals surface area (Å²) >= 11 is 0. The SMILES string of the molecule is C[C@@H]1Oc2ccccc2O[C@@H]1C(=O)Nc1cnn(C2CCOCC2)c1. The zero-order valence-corrected chi connectivity index (χ0v) is 14.1. The molecule has 132 valence electrons. The van der Waals surface area contributed by atoms with Crippen LogP contribution < -0.4 is 14.8 Å². The first-order chi connectivity index (χ1) is 12.2. The molecule has 1 aromatic heterocycles. The lowest BCUT2D eigenvalue weighted by Gasteiger charge is -2.30. The van der Waals surface area contributed by atoms with E-state index in [1.165, 1.54) is 0 Å². The molecule has 0 radical (unpaired) electrons. The smallest absolute Gasteiger partial charge is 0.269 e. The summed E-state index contributed by atoms with van der Waals surface area (Å²) < 4.78 is 18.9. The Kier molecular flexibility index (Phi) is 4.31. The lowest BCUT2D eigenvalue weighted by atomic mass is 10.1. The zero-order chi connectivity index (χ0) is 17.2. The Hall–Kier alpha value is -2.54. The number of ether oxygens (including phenoxy) is 3. The number of fused-ring (bicyclic) bond motifs is 1. The zero-order valence-electron chi connectivity index (χ0n) is 14.1. The quantitative estimate of drug-likeness (QED) is 0.926. The van der Waals surface area contributed by atoms with Crippen molar-refractivity contribution in [2.24, 2.45) is 0 Å². The number of hydrogen-bond acceptors (Lipinski definition) is 5. The first-order valence-corrected chi connectivity index (χ1v) is 8.56. The minimum absolute atomic E-state index is 0.242. The molecule has 4 rings (SSSR count). The summed E-state index contributed by atoms with van der Waals surface area (Å²) in [6.45, 7) is 3.32. The van der Waals surface area contributed by atoms with E-state index < -0.39 is 6.10 Å². The maximum absolute atomic E-state index is 12.6. The highest BCUT2D eigenvalue weighted by atomic mass is 16.6. The number of carbonyl (C=O) groups is 1. The highest BCUT2D eigenvalue weighted by molar-refractivity contribution is 5.94. The van der Waals surface area contributed by atoms with Gasteiger partial charge in [0.05, 0.1) is 17.9 Å². The number of nitrogens with zero attached hydrogens (tertiary/aromatic N) is 2. The molecule has 2 aliphatic rings. The molecule has 7 heteroatoms. The van der Waals surface area contributed by atoms with Crippen molar-refractivity contribution in [3.8, 4) is 11.5 Å². The van der Waals surface area contributed by atoms with Crippen LogP contribution in [0.4, 0.5) is 5.69 Å². The van der Waals surface area contributed by atoms with Crippen LogP contribution in [-0.2, 0) is 9.53 Å². The number of aromatic nitrogens is 2. The minimum Gasteiger partial charge on any atom is -0.482 e. The Bertz CT molecular complexity index is 754. The van der Waals surface area contributed by atoms with Crippen LogP contribution in [0.15, 0.2) is 36.7 Å². The van der Waals surface area contributed by atoms with Crippen molar-refractivity contribution in [2.45, 2.75) is 38.0 Å². The summed E-state index contributed by atoms with van der Waals surface area (Å²) in [5.41, 5.74) is 0.658. The van der Waals surface area contributed by atoms with E-state index in [1.54, 1.807) is 12.3 Å². The number of benzene rings is 1. The molecular formula is C18H21N3O4. The van der Waals surface area contributed by atoms with Gasteiger partial charge in [-0.25, -0.2) is 0 Å². The molecular weight excluding hydrogens is 322 g/mol. The predicted octanol–water partition coefficient (Wildman–Crippen LogP) is 2.40. The monoisotopic (exact) mass is 343 g/mol. The van der Waals surface area contributed by atoms with E-state index in [0.29, 0.717) is 23.2 Å². The Morgan fingerprint density at radius 1 is 1.20 bits per heavy atom. The van der Waals surface area contributed by atoms with Gasteiger partial charge in [0, 0.05) is 19.4 Å². The van der Waals surface area contributed by atoms with Gasteiger partial charge in [-0.05, 0) is 31.9 Å². The van der Waals surface area contributed by atoms with E-state index in [4.69, 9.17) is 14.2 Å². The van der Waals surface area contributed by atoms with Crippen molar-refractivity contribution in [3.05, 3.63) is 36.7 Å². The van der Waals surface area contributed by atoms with Crippen molar-refractivity contribution < 1.29 is 19.0 Å². The van der Waals surface area contributed by atoms with Crippen LogP contribution in [0, 0.1) is 0 Å². The van der Waals surface area contributed by atoms with Crippen LogP contribution in [0.2, 0.25) is 0 Å². The fraction of sp³-hybridized carbons (Fsp3) is 0.444. The van der Waals surface area contributed by atoms with E-state index in [2.05, 4.69) is 10.4 Å². The van der Waals surface area contributed by atoms with Crippen LogP contribution in [0.5, 0.6) is 11.5 Å². The van der Waals surface area contributed by atoms with Crippen LogP contribution in [0.25, 0.3) is 0 Å². The third-order valence-electron chi connectivity index (χ3n) is 4.53. The molecule has 1 amide bonds. The van der Waals surface area contributed by atoms with Gasteiger partial charge in [0.2, 0.25) is 6.10 Å². The highest BCUT2D eigenvalue weighted by Crippen LogP contribution is 2.33. The molecule has 0 saturated carbocycles. The number of amides is 1. The normalized spacial score (nSPS) is 23.2. The van der Waals surface area contributed by atoms with E-state index in [9.17, 15) is 4.79 Å². The van der Waals surface area contributed by atoms with Gasteiger partial charge in [0.15, 0.2) is 11.5 Å². The first-order valence-electron chi connectivity index (χ1n) is 8.56. The third kappa shape index (κ3) is 3.32. The Morgan fingerprint density at radius 3 is 2.68 bits per heavy atom. The molecule has 0 bridgehead atoms. The molecule has 1 fully saturated rings. The van der Waals surface area contributed by atoms with Crippen LogP contribution in [0.1, 0.15) is 25.8 Å². The van der Waals surface area contributed by atoms with Crippen molar-refractivity contribution in [1.29, 1.82) is 0 Å². The summed E-state index contributed by atoms with van der Waals surface area (Å²) in [5, 5.41) is 7.24. The molecule has 0 spiro atoms. The van der Waals surface area contributed by atoms with E-state index in [-0.39, 0.29) is 12.0 Å². The fourth-order valence-corrected chi connectivity index (χ4v) is 3.17. The summed E-state index contributed by atoms with van der Waals surface area (Å²) in [7, 11) is 0. The van der Waals surface area contributed by atoms with E-state index in [0.717, 1.165) is 26.1 Å². The summed E-state index contributed by atoms with van der Waals surface area (Å²) in [5.74, 6) is 0.999. The van der Waals surface area contributed by atoms with Crippen molar-refractivity contribution >= 4 is 11.6 Å². The molecule has 1 saturated heterocycles. The van der Waals surface area contributed by atoms with Gasteiger partial charge < -0.3 is 19.5 Å². The Labute approximate surface area is 145 Å². The maximum Gasteiger partial charge on any atom is 0.269 e. The molecule has 2 aliphatic heterocycles. The summed E-state index contributed by atoms with van der Waals surface area (Å²) in [6, 6.07) is 7.67. The first kappa shape index (κ1) is 16.0. The van der Waals surface area contributed by atoms with Crippen molar-refractivity contribution in [3.63, 3.8) is 0 Å². The molecule has 2 aromatic rings. The largest absolute Gasteiger partial charge is 0.482 e. The number of anilines is 1. The lowest BCUT2D eigenvalue weighted by Crippen LogP contribution is -2.46. The number of carbonyl (C=O) groups excluding carboxylic acids is 1. The molecule has 3 heterocycles. The topological polar surface area (TPSA) is 74.6 Å². The van der Waals surface area contributed by atoms with Gasteiger partial charge in [0.25, 0.3) is 5.91 Å². The summed E-state index contributed by atoms with van der Waals surface area (Å²) in [4.78, 5) is 12.6. The molecule has 7 nitrogen and oxygen atoms in total. The number of nitrogens with one attached hydrogen (secondary N) is 1. The number of hydrogen-bond donors (Lipinski definition) is 1. The Balaban J connectivity index is 1.43. The molecule has 2 atom stereocenters. The molecule has 0 aliphatic carbocycles. The number of para-hydroxylation sites is 2. The fourth-order valence-electron chi connectivity index (χ4n) is 3.17. The van der Waals surface area contributed by atoms with Crippen LogP contribution in [0.3, 0.4) is 0 Å². The van der Waals surface area contributed by atoms with Crippen molar-refractivity contribution in [1.82, 2.24) is 9.78 Å². The summed E-state index contributed by atoms with van der Waals surface area (Å²) in [6.07, 6.45) is 4.30. The van der Waals surface area contributed by atoms with E-state index >= 15 is 0 Å². The van der Waals surface area contributed by atoms with Crippen molar-refractivity contribution in [2.75, 3.05) is 18.5 Å². The molecule has 1 aromatic carbocycles. The average Bonchev–Trinajstić information content (AvgIpc) is 3.10. The van der Waals surface area contributed by atoms with Gasteiger partial charge in [-0.2, -0.15) is 5.10 Å². The average molecular weight is 343 g/mol. The highest BCUT2D eigenvalue weighted by Gasteiger charge is 2.34. The van der Waals surface area contributed by atoms with Gasteiger partial charge in [-0.1, -0.05) is 12.1 Å². The van der Waals surface area contributed by atoms with E-state index in [1.807, 2.05) is 36.0 Å². The molecule has 1 N–H and O–H groups in total. The Morgan fingerprint density at radius 2 is 1.92 bits per heavy atom. The predicted molar refractivity (Wildman–Crippen MR) is 90.9 cm³/mol. The second kappa shape index (κ2) is 6.76. The standard InChI is InChI=1S/C18H21N3O4/c1-12-17(25-16-5-3-2-4-15(16)24-12)18(22)20-13-10-19-21(11-13)14-6-8-23-9-7-14/h2-5,10-12,14,17H,6-9H2,1H3,(H,20,22)/t12-,17-/m0/s1. The number of rotatable bonds is 3. The second-order valence-electron chi connectivity index (χ2n) is 6.35. The second-order valence-corrected chi connectivity index (χ2v) is 6.35. The van der Waals surface area contributed by atoms with Gasteiger partial charge in [-0.15, -0.1) is 0 Å².